The first-order chi connectivity index (χ1) is 10.8. The summed E-state index contributed by atoms with van der Waals surface area (Å²) in [4.78, 5) is 11.8. The SMILES string of the molecule is Cc1cc(OCC(=O)Nc2ccccc2C(F)(F)F)ccc1Br. The van der Waals surface area contributed by atoms with E-state index in [1.165, 1.54) is 18.2 Å². The number of carbonyl (C=O) groups excluding carboxylic acids is 1. The van der Waals surface area contributed by atoms with E-state index in [2.05, 4.69) is 21.2 Å². The number of anilines is 1. The van der Waals surface area contributed by atoms with Gasteiger partial charge >= 0.3 is 6.18 Å². The van der Waals surface area contributed by atoms with Crippen LogP contribution in [0.5, 0.6) is 5.75 Å². The van der Waals surface area contributed by atoms with E-state index in [-0.39, 0.29) is 12.3 Å². The Hall–Kier alpha value is -2.02. The van der Waals surface area contributed by atoms with Gasteiger partial charge in [-0.1, -0.05) is 28.1 Å². The van der Waals surface area contributed by atoms with Gasteiger partial charge in [0, 0.05) is 4.47 Å². The molecular formula is C16H13BrF3NO2. The fourth-order valence-electron chi connectivity index (χ4n) is 1.88. The zero-order chi connectivity index (χ0) is 17.0. The molecule has 122 valence electrons. The molecule has 0 saturated heterocycles. The minimum Gasteiger partial charge on any atom is -0.484 e. The summed E-state index contributed by atoms with van der Waals surface area (Å²) in [6, 6.07) is 9.94. The predicted molar refractivity (Wildman–Crippen MR) is 84.4 cm³/mol. The number of amides is 1. The molecule has 1 amide bonds. The molecule has 0 saturated carbocycles. The number of alkyl halides is 3. The number of rotatable bonds is 4. The van der Waals surface area contributed by atoms with Crippen LogP contribution in [0.15, 0.2) is 46.9 Å². The number of nitrogens with one attached hydrogen (secondary N) is 1. The lowest BCUT2D eigenvalue weighted by Gasteiger charge is -2.14. The summed E-state index contributed by atoms with van der Waals surface area (Å²) in [5, 5.41) is 2.22. The summed E-state index contributed by atoms with van der Waals surface area (Å²) < 4.78 is 44.7. The van der Waals surface area contributed by atoms with E-state index in [4.69, 9.17) is 4.74 Å². The topological polar surface area (TPSA) is 38.3 Å². The predicted octanol–water partition coefficient (Wildman–Crippen LogP) is 4.79. The highest BCUT2D eigenvalue weighted by Gasteiger charge is 2.33. The molecular weight excluding hydrogens is 375 g/mol. The van der Waals surface area contributed by atoms with Gasteiger partial charge in [0.15, 0.2) is 6.61 Å². The molecule has 0 spiro atoms. The van der Waals surface area contributed by atoms with Crippen molar-refractivity contribution in [1.29, 1.82) is 0 Å². The van der Waals surface area contributed by atoms with Crippen molar-refractivity contribution in [1.82, 2.24) is 0 Å². The number of halogens is 4. The fraction of sp³-hybridized carbons (Fsp3) is 0.188. The smallest absolute Gasteiger partial charge is 0.418 e. The highest BCUT2D eigenvalue weighted by molar-refractivity contribution is 9.10. The third-order valence-corrected chi connectivity index (χ3v) is 3.90. The quantitative estimate of drug-likeness (QED) is 0.818. The van der Waals surface area contributed by atoms with E-state index in [0.717, 1.165) is 16.1 Å². The summed E-state index contributed by atoms with van der Waals surface area (Å²) in [7, 11) is 0. The van der Waals surface area contributed by atoms with Crippen LogP contribution in [0.2, 0.25) is 0 Å². The maximum absolute atomic E-state index is 12.8. The molecule has 0 aliphatic rings. The maximum Gasteiger partial charge on any atom is 0.418 e. The van der Waals surface area contributed by atoms with E-state index in [1.54, 1.807) is 18.2 Å². The molecule has 23 heavy (non-hydrogen) atoms. The molecule has 7 heteroatoms. The molecule has 2 aromatic carbocycles. The van der Waals surface area contributed by atoms with Crippen LogP contribution in [-0.4, -0.2) is 12.5 Å². The highest BCUT2D eigenvalue weighted by atomic mass is 79.9. The molecule has 0 aliphatic heterocycles. The van der Waals surface area contributed by atoms with Gasteiger partial charge in [-0.05, 0) is 42.8 Å². The Labute approximate surface area is 139 Å². The third kappa shape index (κ3) is 4.72. The van der Waals surface area contributed by atoms with E-state index in [0.29, 0.717) is 5.75 Å². The zero-order valence-electron chi connectivity index (χ0n) is 12.1. The molecule has 0 unspecified atom stereocenters. The Morgan fingerprint density at radius 3 is 2.57 bits per heavy atom. The van der Waals surface area contributed by atoms with Gasteiger partial charge in [0.05, 0.1) is 11.3 Å². The van der Waals surface area contributed by atoms with Crippen LogP contribution >= 0.6 is 15.9 Å². The van der Waals surface area contributed by atoms with Crippen molar-refractivity contribution in [3.63, 3.8) is 0 Å². The zero-order valence-corrected chi connectivity index (χ0v) is 13.7. The number of carbonyl (C=O) groups is 1. The normalized spacial score (nSPS) is 11.2. The molecule has 2 aromatic rings. The van der Waals surface area contributed by atoms with E-state index < -0.39 is 17.6 Å². The molecule has 0 aromatic heterocycles. The average Bonchev–Trinajstić information content (AvgIpc) is 2.48. The van der Waals surface area contributed by atoms with Crippen LogP contribution in [0, 0.1) is 6.92 Å². The second-order valence-electron chi connectivity index (χ2n) is 4.79. The number of para-hydroxylation sites is 1. The van der Waals surface area contributed by atoms with E-state index in [1.807, 2.05) is 6.92 Å². The van der Waals surface area contributed by atoms with Crippen LogP contribution < -0.4 is 10.1 Å². The van der Waals surface area contributed by atoms with Gasteiger partial charge in [-0.3, -0.25) is 4.79 Å². The Balaban J connectivity index is 2.02. The number of aryl methyl sites for hydroxylation is 1. The van der Waals surface area contributed by atoms with Gasteiger partial charge in [-0.2, -0.15) is 13.2 Å². The van der Waals surface area contributed by atoms with Gasteiger partial charge in [0.1, 0.15) is 5.75 Å². The monoisotopic (exact) mass is 387 g/mol. The average molecular weight is 388 g/mol. The molecule has 0 heterocycles. The molecule has 0 bridgehead atoms. The molecule has 0 atom stereocenters. The Morgan fingerprint density at radius 2 is 1.91 bits per heavy atom. The molecule has 2 rings (SSSR count). The van der Waals surface area contributed by atoms with Crippen LogP contribution in [0.3, 0.4) is 0 Å². The van der Waals surface area contributed by atoms with Crippen molar-refractivity contribution in [3.8, 4) is 5.75 Å². The summed E-state index contributed by atoms with van der Waals surface area (Å²) in [5.41, 5.74) is -0.265. The summed E-state index contributed by atoms with van der Waals surface area (Å²) in [6.45, 7) is 1.48. The number of ether oxygens (including phenoxy) is 1. The van der Waals surface area contributed by atoms with Crippen LogP contribution in [0.4, 0.5) is 18.9 Å². The molecule has 3 nitrogen and oxygen atoms in total. The lowest BCUT2D eigenvalue weighted by Crippen LogP contribution is -2.22. The van der Waals surface area contributed by atoms with Crippen LogP contribution in [0.1, 0.15) is 11.1 Å². The van der Waals surface area contributed by atoms with Crippen molar-refractivity contribution in [2.45, 2.75) is 13.1 Å². The van der Waals surface area contributed by atoms with E-state index >= 15 is 0 Å². The minimum absolute atomic E-state index is 0.291. The van der Waals surface area contributed by atoms with Crippen molar-refractivity contribution in [2.24, 2.45) is 0 Å². The Kier molecular flexibility index (Phi) is 5.30. The van der Waals surface area contributed by atoms with Crippen LogP contribution in [0.25, 0.3) is 0 Å². The lowest BCUT2D eigenvalue weighted by atomic mass is 10.1. The molecule has 1 N–H and O–H groups in total. The third-order valence-electron chi connectivity index (χ3n) is 3.01. The van der Waals surface area contributed by atoms with E-state index in [9.17, 15) is 18.0 Å². The van der Waals surface area contributed by atoms with Gasteiger partial charge < -0.3 is 10.1 Å². The summed E-state index contributed by atoms with van der Waals surface area (Å²) in [5.74, 6) is -0.202. The first kappa shape index (κ1) is 17.3. The first-order valence-corrected chi connectivity index (χ1v) is 7.41. The highest BCUT2D eigenvalue weighted by Crippen LogP contribution is 2.34. The maximum atomic E-state index is 12.8. The molecule has 0 radical (unpaired) electrons. The second-order valence-corrected chi connectivity index (χ2v) is 5.65. The largest absolute Gasteiger partial charge is 0.484 e. The van der Waals surface area contributed by atoms with Crippen molar-refractivity contribution >= 4 is 27.5 Å². The van der Waals surface area contributed by atoms with Gasteiger partial charge in [-0.15, -0.1) is 0 Å². The second kappa shape index (κ2) is 7.04. The summed E-state index contributed by atoms with van der Waals surface area (Å²) >= 11 is 3.34. The van der Waals surface area contributed by atoms with Gasteiger partial charge in [0.25, 0.3) is 5.91 Å². The molecule has 0 aliphatic carbocycles. The first-order valence-electron chi connectivity index (χ1n) is 6.62. The number of benzene rings is 2. The number of hydrogen-bond donors (Lipinski definition) is 1. The fourth-order valence-corrected chi connectivity index (χ4v) is 2.13. The molecule has 0 fully saturated rings. The summed E-state index contributed by atoms with van der Waals surface area (Å²) in [6.07, 6.45) is -4.53. The van der Waals surface area contributed by atoms with Gasteiger partial charge in [0.2, 0.25) is 0 Å². The van der Waals surface area contributed by atoms with Crippen molar-refractivity contribution in [3.05, 3.63) is 58.1 Å². The Morgan fingerprint density at radius 1 is 1.22 bits per heavy atom. The standard InChI is InChI=1S/C16H13BrF3NO2/c1-10-8-11(6-7-13(10)17)23-9-15(22)21-14-5-3-2-4-12(14)16(18,19)20/h2-8H,9H2,1H3,(H,21,22). The Bertz CT molecular complexity index is 717. The van der Waals surface area contributed by atoms with Crippen molar-refractivity contribution in [2.75, 3.05) is 11.9 Å². The number of hydrogen-bond acceptors (Lipinski definition) is 2. The minimum atomic E-state index is -4.53. The van der Waals surface area contributed by atoms with Crippen LogP contribution in [-0.2, 0) is 11.0 Å². The lowest BCUT2D eigenvalue weighted by molar-refractivity contribution is -0.137. The van der Waals surface area contributed by atoms with Crippen molar-refractivity contribution < 1.29 is 22.7 Å². The van der Waals surface area contributed by atoms with Gasteiger partial charge in [-0.25, -0.2) is 0 Å².